The molecule has 1 aromatic rings. The number of piperidine rings is 1. The fraction of sp³-hybridized carbons (Fsp3) is 0.667. The van der Waals surface area contributed by atoms with E-state index >= 15 is 0 Å². The molecule has 0 bridgehead atoms. The molecular weight excluding hydrogens is 256 g/mol. The van der Waals surface area contributed by atoms with Crippen LogP contribution in [0.4, 0.5) is 0 Å². The minimum absolute atomic E-state index is 0.160. The Morgan fingerprint density at radius 2 is 2.32 bits per heavy atom. The van der Waals surface area contributed by atoms with Gasteiger partial charge < -0.3 is 10.6 Å². The Morgan fingerprint density at radius 3 is 3.11 bits per heavy atom. The van der Waals surface area contributed by atoms with Gasteiger partial charge in [0.2, 0.25) is 0 Å². The second-order valence-corrected chi connectivity index (χ2v) is 7.20. The van der Waals surface area contributed by atoms with Crippen LogP contribution in [0.15, 0.2) is 6.07 Å². The number of carbonyl (C=O) groups is 1. The standard InChI is InChI=1S/C15H22N2OS/c1-10-4-5-13-11(7-10)8-14(19-13)15(18)17-6-2-3-12(16)9-17/h8,10,12H,2-7,9,16H2,1H3. The first-order valence-electron chi connectivity index (χ1n) is 7.30. The number of carbonyl (C=O) groups excluding carboxylic acids is 1. The first-order chi connectivity index (χ1) is 9.13. The van der Waals surface area contributed by atoms with E-state index in [1.807, 2.05) is 4.90 Å². The van der Waals surface area contributed by atoms with E-state index in [1.165, 1.54) is 16.9 Å². The van der Waals surface area contributed by atoms with Gasteiger partial charge in [-0.1, -0.05) is 6.92 Å². The summed E-state index contributed by atoms with van der Waals surface area (Å²) in [5.74, 6) is 0.954. The Labute approximate surface area is 118 Å². The molecule has 2 N–H and O–H groups in total. The van der Waals surface area contributed by atoms with Gasteiger partial charge in [0.1, 0.15) is 0 Å². The van der Waals surface area contributed by atoms with Crippen molar-refractivity contribution in [3.05, 3.63) is 21.4 Å². The summed E-state index contributed by atoms with van der Waals surface area (Å²) in [7, 11) is 0. The lowest BCUT2D eigenvalue weighted by atomic mass is 9.90. The van der Waals surface area contributed by atoms with Crippen molar-refractivity contribution in [2.45, 2.75) is 45.1 Å². The Hall–Kier alpha value is -0.870. The minimum Gasteiger partial charge on any atom is -0.336 e. The normalized spacial score (nSPS) is 27.2. The highest BCUT2D eigenvalue weighted by atomic mass is 32.1. The molecule has 1 aliphatic carbocycles. The van der Waals surface area contributed by atoms with E-state index in [1.54, 1.807) is 11.3 Å². The number of amides is 1. The average Bonchev–Trinajstić information content (AvgIpc) is 2.80. The number of hydrogen-bond acceptors (Lipinski definition) is 3. The van der Waals surface area contributed by atoms with Crippen LogP contribution in [0.2, 0.25) is 0 Å². The van der Waals surface area contributed by atoms with Gasteiger partial charge in [-0.25, -0.2) is 0 Å². The van der Waals surface area contributed by atoms with Crippen molar-refractivity contribution >= 4 is 17.2 Å². The van der Waals surface area contributed by atoms with Gasteiger partial charge >= 0.3 is 0 Å². The predicted octanol–water partition coefficient (Wildman–Crippen LogP) is 2.44. The SMILES string of the molecule is CC1CCc2sc(C(=O)N3CCCC(N)C3)cc2C1. The maximum Gasteiger partial charge on any atom is 0.263 e. The molecule has 2 atom stereocenters. The molecule has 2 aliphatic rings. The largest absolute Gasteiger partial charge is 0.336 e. The first-order valence-corrected chi connectivity index (χ1v) is 8.11. The van der Waals surface area contributed by atoms with Crippen LogP contribution in [0.25, 0.3) is 0 Å². The van der Waals surface area contributed by atoms with Crippen molar-refractivity contribution in [1.29, 1.82) is 0 Å². The monoisotopic (exact) mass is 278 g/mol. The second-order valence-electron chi connectivity index (χ2n) is 6.06. The molecule has 2 heterocycles. The summed E-state index contributed by atoms with van der Waals surface area (Å²) in [5.41, 5.74) is 7.38. The Bertz CT molecular complexity index is 482. The van der Waals surface area contributed by atoms with E-state index in [9.17, 15) is 4.79 Å². The number of fused-ring (bicyclic) bond motifs is 1. The van der Waals surface area contributed by atoms with Gasteiger partial charge in [0.15, 0.2) is 0 Å². The molecular formula is C15H22N2OS. The summed E-state index contributed by atoms with van der Waals surface area (Å²) in [5, 5.41) is 0. The topological polar surface area (TPSA) is 46.3 Å². The number of thiophene rings is 1. The fourth-order valence-electron chi connectivity index (χ4n) is 3.16. The summed E-state index contributed by atoms with van der Waals surface area (Å²) < 4.78 is 0. The van der Waals surface area contributed by atoms with Crippen LogP contribution in [0.1, 0.15) is 46.3 Å². The zero-order chi connectivity index (χ0) is 13.4. The van der Waals surface area contributed by atoms with Crippen LogP contribution >= 0.6 is 11.3 Å². The molecule has 19 heavy (non-hydrogen) atoms. The number of nitrogens with two attached hydrogens (primary N) is 1. The molecule has 3 rings (SSSR count). The lowest BCUT2D eigenvalue weighted by Gasteiger charge is -2.30. The lowest BCUT2D eigenvalue weighted by Crippen LogP contribution is -2.45. The van der Waals surface area contributed by atoms with Crippen molar-refractivity contribution in [1.82, 2.24) is 4.90 Å². The number of rotatable bonds is 1. The zero-order valence-electron chi connectivity index (χ0n) is 11.5. The molecule has 1 aliphatic heterocycles. The van der Waals surface area contributed by atoms with E-state index in [0.29, 0.717) is 0 Å². The number of hydrogen-bond donors (Lipinski definition) is 1. The zero-order valence-corrected chi connectivity index (χ0v) is 12.3. The van der Waals surface area contributed by atoms with Crippen LogP contribution in [-0.2, 0) is 12.8 Å². The summed E-state index contributed by atoms with van der Waals surface area (Å²) in [6, 6.07) is 2.30. The molecule has 1 saturated heterocycles. The van der Waals surface area contributed by atoms with E-state index in [0.717, 1.165) is 49.6 Å². The molecule has 0 radical (unpaired) electrons. The third kappa shape index (κ3) is 2.70. The lowest BCUT2D eigenvalue weighted by molar-refractivity contribution is 0.0713. The van der Waals surface area contributed by atoms with Crippen LogP contribution < -0.4 is 5.73 Å². The highest BCUT2D eigenvalue weighted by molar-refractivity contribution is 7.14. The molecule has 0 aromatic carbocycles. The maximum atomic E-state index is 12.5. The second kappa shape index (κ2) is 5.25. The van der Waals surface area contributed by atoms with Crippen molar-refractivity contribution in [3.8, 4) is 0 Å². The Kier molecular flexibility index (Phi) is 3.63. The van der Waals surface area contributed by atoms with Crippen molar-refractivity contribution in [2.75, 3.05) is 13.1 Å². The highest BCUT2D eigenvalue weighted by Gasteiger charge is 2.26. The average molecular weight is 278 g/mol. The summed E-state index contributed by atoms with van der Waals surface area (Å²) in [6.45, 7) is 3.88. The van der Waals surface area contributed by atoms with Gasteiger partial charge in [-0.05, 0) is 49.7 Å². The number of likely N-dealkylation sites (tertiary alicyclic amines) is 1. The summed E-state index contributed by atoms with van der Waals surface area (Å²) in [6.07, 6.45) is 5.62. The summed E-state index contributed by atoms with van der Waals surface area (Å²) >= 11 is 1.71. The molecule has 4 heteroatoms. The Morgan fingerprint density at radius 1 is 1.47 bits per heavy atom. The number of aryl methyl sites for hydroxylation is 1. The quantitative estimate of drug-likeness (QED) is 0.857. The van der Waals surface area contributed by atoms with Crippen molar-refractivity contribution in [2.24, 2.45) is 11.7 Å². The van der Waals surface area contributed by atoms with Gasteiger partial charge in [0.25, 0.3) is 5.91 Å². The van der Waals surface area contributed by atoms with E-state index < -0.39 is 0 Å². The highest BCUT2D eigenvalue weighted by Crippen LogP contribution is 2.33. The van der Waals surface area contributed by atoms with E-state index in [2.05, 4.69) is 13.0 Å². The van der Waals surface area contributed by atoms with Gasteiger partial charge in [-0.3, -0.25) is 4.79 Å². The molecule has 0 saturated carbocycles. The van der Waals surface area contributed by atoms with Crippen LogP contribution in [0.3, 0.4) is 0 Å². The summed E-state index contributed by atoms with van der Waals surface area (Å²) in [4.78, 5) is 16.8. The van der Waals surface area contributed by atoms with Crippen LogP contribution in [-0.4, -0.2) is 29.9 Å². The molecule has 104 valence electrons. The maximum absolute atomic E-state index is 12.5. The molecule has 3 nitrogen and oxygen atoms in total. The predicted molar refractivity (Wildman–Crippen MR) is 78.6 cm³/mol. The Balaban J connectivity index is 1.77. The molecule has 1 fully saturated rings. The minimum atomic E-state index is 0.160. The van der Waals surface area contributed by atoms with Gasteiger partial charge in [0.05, 0.1) is 4.88 Å². The van der Waals surface area contributed by atoms with Gasteiger partial charge in [-0.2, -0.15) is 0 Å². The van der Waals surface area contributed by atoms with Crippen LogP contribution in [0.5, 0.6) is 0 Å². The first kappa shape index (κ1) is 13.1. The molecule has 1 aromatic heterocycles. The smallest absolute Gasteiger partial charge is 0.263 e. The molecule has 2 unspecified atom stereocenters. The van der Waals surface area contributed by atoms with Gasteiger partial charge in [-0.15, -0.1) is 11.3 Å². The van der Waals surface area contributed by atoms with E-state index in [-0.39, 0.29) is 11.9 Å². The van der Waals surface area contributed by atoms with Crippen LogP contribution in [0, 0.1) is 5.92 Å². The molecule has 0 spiro atoms. The van der Waals surface area contributed by atoms with Crippen molar-refractivity contribution in [3.63, 3.8) is 0 Å². The van der Waals surface area contributed by atoms with Crippen molar-refractivity contribution < 1.29 is 4.79 Å². The number of nitrogens with zero attached hydrogens (tertiary/aromatic N) is 1. The van der Waals surface area contributed by atoms with E-state index in [4.69, 9.17) is 5.73 Å². The molecule has 1 amide bonds. The third-order valence-electron chi connectivity index (χ3n) is 4.29. The fourth-order valence-corrected chi connectivity index (χ4v) is 4.34. The third-order valence-corrected chi connectivity index (χ3v) is 5.51. The van der Waals surface area contributed by atoms with Gasteiger partial charge in [0, 0.05) is 24.0 Å².